The summed E-state index contributed by atoms with van der Waals surface area (Å²) in [5.41, 5.74) is 0. The Morgan fingerprint density at radius 2 is 1.00 bits per heavy atom. The maximum absolute atomic E-state index is 0. The third kappa shape index (κ3) is 9.69. The van der Waals surface area contributed by atoms with E-state index in [0.717, 1.165) is 0 Å². The predicted molar refractivity (Wildman–Crippen MR) is 17.1 cm³/mol. The Hall–Kier alpha value is 1.52. The van der Waals surface area contributed by atoms with Crippen LogP contribution in [0.4, 0.5) is 0 Å². The summed E-state index contributed by atoms with van der Waals surface area (Å²) in [5.74, 6) is 0. The van der Waals surface area contributed by atoms with Gasteiger partial charge in [-0.3, -0.25) is 0 Å². The van der Waals surface area contributed by atoms with Gasteiger partial charge in [-0.1, -0.05) is 0 Å². The molecule has 0 saturated heterocycles. The Kier molecular flexibility index (Phi) is 297. The molecular weight excluding hydrogens is 142 g/mol. The summed E-state index contributed by atoms with van der Waals surface area (Å²) in [6, 6.07) is 0. The van der Waals surface area contributed by atoms with E-state index < -0.39 is 0 Å². The minimum absolute atomic E-state index is 0. The van der Waals surface area contributed by atoms with Crippen molar-refractivity contribution in [1.82, 2.24) is 0 Å². The molecule has 0 aliphatic heterocycles. The van der Waals surface area contributed by atoms with E-state index in [2.05, 4.69) is 0 Å². The van der Waals surface area contributed by atoms with E-state index in [0.29, 0.717) is 0 Å². The molecule has 0 N–H and O–H groups in total. The smallest absolute Gasteiger partial charge is 0 e. The van der Waals surface area contributed by atoms with Gasteiger partial charge in [0, 0.05) is 47.2 Å². The Morgan fingerprint density at radius 1 is 1.00 bits per heavy atom. The Bertz CT molecular complexity index is 8.00. The van der Waals surface area contributed by atoms with E-state index in [1.165, 1.54) is 0 Å². The fourth-order valence-corrected chi connectivity index (χ4v) is 0. The third-order valence-corrected chi connectivity index (χ3v) is 0. The van der Waals surface area contributed by atoms with E-state index >= 15 is 0 Å². The molecule has 0 fully saturated rings. The topological polar surface area (TPSA) is 0 Å². The minimum Gasteiger partial charge on any atom is -0.0149 e. The molecule has 0 aromatic heterocycles. The Labute approximate surface area is 58.1 Å². The summed E-state index contributed by atoms with van der Waals surface area (Å²) in [5, 5.41) is 0. The van der Waals surface area contributed by atoms with Crippen LogP contribution in [-0.2, 0) is 38.8 Å². The molecule has 0 atom stereocenters. The molecule has 0 aliphatic carbocycles. The van der Waals surface area contributed by atoms with Gasteiger partial charge in [0.2, 0.25) is 0 Å². The summed E-state index contributed by atoms with van der Waals surface area (Å²) in [6.07, 6.45) is 0. The first-order valence-corrected chi connectivity index (χ1v) is 0. The Morgan fingerprint density at radius 3 is 1.00 bits per heavy atom. The molecule has 22 valence electrons. The van der Waals surface area contributed by atoms with Crippen LogP contribution in [0.3, 0.4) is 0 Å². The van der Waals surface area contributed by atoms with Crippen LogP contribution < -0.4 is 0 Å². The zero-order valence-electron chi connectivity index (χ0n) is 1.46. The first-order valence-electron chi connectivity index (χ1n) is 0. The van der Waals surface area contributed by atoms with Gasteiger partial charge in [0.15, 0.2) is 0 Å². The molecule has 0 nitrogen and oxygen atoms in total. The molecular formula is H4BMnSiTi. The van der Waals surface area contributed by atoms with Crippen LogP contribution in [0.5, 0.6) is 0 Å². The van der Waals surface area contributed by atoms with Gasteiger partial charge in [0.05, 0.1) is 0 Å². The van der Waals surface area contributed by atoms with Crippen LogP contribution in [0.15, 0.2) is 0 Å². The van der Waals surface area contributed by atoms with Crippen LogP contribution in [0.1, 0.15) is 0 Å². The number of hydrogen-bond acceptors (Lipinski definition) is 0. The molecule has 0 unspecified atom stereocenters. The van der Waals surface area contributed by atoms with Gasteiger partial charge in [0.1, 0.15) is 0 Å². The van der Waals surface area contributed by atoms with Gasteiger partial charge in [-0.2, -0.15) is 0 Å². The first kappa shape index (κ1) is 49.0. The fraction of sp³-hybridized carbons (Fsp3) is 0. The van der Waals surface area contributed by atoms with Crippen LogP contribution in [-0.4, -0.2) is 19.4 Å². The third-order valence-electron chi connectivity index (χ3n) is 0. The van der Waals surface area contributed by atoms with Gasteiger partial charge in [-0.15, -0.1) is 0 Å². The SMILES string of the molecule is [B].[Mn].[SiH4].[Ti]. The van der Waals surface area contributed by atoms with Crippen LogP contribution in [0.2, 0.25) is 0 Å². The van der Waals surface area contributed by atoms with E-state index in [9.17, 15) is 0 Å². The van der Waals surface area contributed by atoms with Gasteiger partial charge < -0.3 is 0 Å². The van der Waals surface area contributed by atoms with Crippen molar-refractivity contribution in [2.24, 2.45) is 0 Å². The summed E-state index contributed by atoms with van der Waals surface area (Å²) >= 11 is 0. The van der Waals surface area contributed by atoms with Crippen molar-refractivity contribution in [3.63, 3.8) is 0 Å². The van der Waals surface area contributed by atoms with Crippen molar-refractivity contribution in [3.05, 3.63) is 0 Å². The Balaban J connectivity index is 0. The predicted octanol–water partition coefficient (Wildman–Crippen LogP) is -1.84. The average Bonchev–Trinajstić information content (AvgIpc) is 0. The number of hydrogen-bond donors (Lipinski definition) is 0. The van der Waals surface area contributed by atoms with Crippen molar-refractivity contribution in [2.75, 3.05) is 0 Å². The second kappa shape index (κ2) is 24.3. The minimum atomic E-state index is 0. The molecule has 0 amide bonds. The molecule has 0 rings (SSSR count). The van der Waals surface area contributed by atoms with E-state index in [1.807, 2.05) is 0 Å². The van der Waals surface area contributed by atoms with E-state index in [1.54, 1.807) is 0 Å². The molecule has 0 heterocycles. The van der Waals surface area contributed by atoms with Crippen molar-refractivity contribution in [2.45, 2.75) is 0 Å². The second-order valence-electron chi connectivity index (χ2n) is 0. The summed E-state index contributed by atoms with van der Waals surface area (Å²) < 4.78 is 0. The van der Waals surface area contributed by atoms with Crippen LogP contribution in [0.25, 0.3) is 0 Å². The van der Waals surface area contributed by atoms with Crippen molar-refractivity contribution < 1.29 is 38.8 Å². The molecule has 0 spiro atoms. The summed E-state index contributed by atoms with van der Waals surface area (Å²) in [7, 11) is 0. The molecule has 0 bridgehead atoms. The van der Waals surface area contributed by atoms with Gasteiger partial charge >= 0.3 is 0 Å². The zero-order valence-corrected chi connectivity index (χ0v) is 4.20. The largest absolute Gasteiger partial charge is 0.0149 e. The average molecular weight is 146 g/mol. The quantitative estimate of drug-likeness (QED) is 0.352. The van der Waals surface area contributed by atoms with E-state index in [4.69, 9.17) is 0 Å². The molecule has 0 saturated carbocycles. The molecule has 4 heteroatoms. The maximum Gasteiger partial charge on any atom is 0 e. The summed E-state index contributed by atoms with van der Waals surface area (Å²) in [4.78, 5) is 0. The molecule has 4 heavy (non-hydrogen) atoms. The van der Waals surface area contributed by atoms with Gasteiger partial charge in [-0.25, -0.2) is 0 Å². The number of rotatable bonds is 0. The molecule has 0 aromatic carbocycles. The van der Waals surface area contributed by atoms with E-state index in [-0.39, 0.29) is 58.2 Å². The van der Waals surface area contributed by atoms with Crippen molar-refractivity contribution >= 4 is 19.4 Å². The van der Waals surface area contributed by atoms with Crippen molar-refractivity contribution in [3.8, 4) is 0 Å². The maximum atomic E-state index is 0. The van der Waals surface area contributed by atoms with Crippen molar-refractivity contribution in [1.29, 1.82) is 0 Å². The first-order chi connectivity index (χ1) is 0. The fourth-order valence-electron chi connectivity index (χ4n) is 0. The summed E-state index contributed by atoms with van der Waals surface area (Å²) in [6.45, 7) is 0. The van der Waals surface area contributed by atoms with Crippen LogP contribution in [0, 0.1) is 0 Å². The standard InChI is InChI=1S/B.Mn.H4Si.Ti/h;;1H4;. The molecule has 0 aromatic rings. The zero-order chi connectivity index (χ0) is 0. The van der Waals surface area contributed by atoms with Crippen LogP contribution >= 0.6 is 0 Å². The van der Waals surface area contributed by atoms with Gasteiger partial charge in [0.25, 0.3) is 0 Å². The molecule has 0 aliphatic rings. The second-order valence-corrected chi connectivity index (χ2v) is 0. The molecule has 4 radical (unpaired) electrons. The monoisotopic (exact) mass is 146 g/mol. The normalized spacial score (nSPS) is 0. The van der Waals surface area contributed by atoms with Gasteiger partial charge in [-0.05, 0) is 11.0 Å².